The molecule has 2 aromatic rings. The van der Waals surface area contributed by atoms with Crippen molar-refractivity contribution in [1.29, 1.82) is 0 Å². The molecule has 2 aliphatic rings. The van der Waals surface area contributed by atoms with Crippen LogP contribution in [0.1, 0.15) is 29.7 Å². The number of alkyl halides is 3. The standard InChI is InChI=1S/C24H22ClF3N4O3/c1-13(21(33)29-11-14-6-5-7-15(10-14)24(26,27)28)32-12-18-19(22(32)34)20(30-23(35)31(18)2)16-8-3-4-9-17(16)25/h3-10,13,20H,11-12H2,1-2H3,(H,29,33)(H,30,35)/t13-,20-/m0/s1. The number of urea groups is 1. The van der Waals surface area contributed by atoms with Gasteiger partial charge in [-0.25, -0.2) is 4.79 Å². The first kappa shape index (κ1) is 24.6. The molecule has 0 fully saturated rings. The van der Waals surface area contributed by atoms with Gasteiger partial charge in [-0.2, -0.15) is 13.2 Å². The van der Waals surface area contributed by atoms with Crippen molar-refractivity contribution in [2.75, 3.05) is 13.6 Å². The van der Waals surface area contributed by atoms with Crippen molar-refractivity contribution < 1.29 is 27.6 Å². The molecule has 0 aliphatic carbocycles. The fourth-order valence-corrected chi connectivity index (χ4v) is 4.42. The molecule has 7 nitrogen and oxygen atoms in total. The lowest BCUT2D eigenvalue weighted by atomic mass is 9.95. The van der Waals surface area contributed by atoms with Crippen LogP contribution in [0.3, 0.4) is 0 Å². The number of likely N-dealkylation sites (N-methyl/N-ethyl adjacent to an activating group) is 1. The van der Waals surface area contributed by atoms with Crippen molar-refractivity contribution >= 4 is 29.4 Å². The Hall–Kier alpha value is -3.53. The van der Waals surface area contributed by atoms with E-state index in [1.54, 1.807) is 24.3 Å². The second-order valence-electron chi connectivity index (χ2n) is 8.35. The number of benzene rings is 2. The Bertz CT molecular complexity index is 1230. The fraction of sp³-hybridized carbons (Fsp3) is 0.292. The van der Waals surface area contributed by atoms with E-state index in [2.05, 4.69) is 10.6 Å². The maximum Gasteiger partial charge on any atom is 0.416 e. The van der Waals surface area contributed by atoms with E-state index in [4.69, 9.17) is 11.6 Å². The number of rotatable bonds is 5. The number of nitrogens with zero attached hydrogens (tertiary/aromatic N) is 2. The van der Waals surface area contributed by atoms with Gasteiger partial charge >= 0.3 is 12.2 Å². The Balaban J connectivity index is 1.51. The van der Waals surface area contributed by atoms with E-state index in [1.165, 1.54) is 35.9 Å². The van der Waals surface area contributed by atoms with Crippen LogP contribution in [0.5, 0.6) is 0 Å². The molecule has 2 heterocycles. The van der Waals surface area contributed by atoms with E-state index >= 15 is 0 Å². The van der Waals surface area contributed by atoms with Crippen LogP contribution in [-0.4, -0.2) is 47.3 Å². The average molecular weight is 507 g/mol. The molecule has 2 atom stereocenters. The number of hydrogen-bond donors (Lipinski definition) is 2. The van der Waals surface area contributed by atoms with E-state index in [0.29, 0.717) is 21.9 Å². The van der Waals surface area contributed by atoms with Gasteiger partial charge in [0.2, 0.25) is 5.91 Å². The van der Waals surface area contributed by atoms with Crippen LogP contribution in [0.25, 0.3) is 0 Å². The molecule has 0 spiro atoms. The van der Waals surface area contributed by atoms with Crippen LogP contribution in [0, 0.1) is 0 Å². The first-order chi connectivity index (χ1) is 16.5. The van der Waals surface area contributed by atoms with Crippen molar-refractivity contribution in [3.8, 4) is 0 Å². The molecule has 0 bridgehead atoms. The van der Waals surface area contributed by atoms with E-state index < -0.39 is 41.7 Å². The van der Waals surface area contributed by atoms with Gasteiger partial charge in [0, 0.05) is 18.6 Å². The molecule has 0 unspecified atom stereocenters. The highest BCUT2D eigenvalue weighted by molar-refractivity contribution is 6.31. The Labute approximate surface area is 204 Å². The number of hydrogen-bond acceptors (Lipinski definition) is 3. The number of halogens is 4. The molecule has 4 rings (SSSR count). The zero-order chi connectivity index (χ0) is 25.5. The molecule has 2 aliphatic heterocycles. The van der Waals surface area contributed by atoms with Crippen molar-refractivity contribution in [1.82, 2.24) is 20.4 Å². The van der Waals surface area contributed by atoms with Crippen molar-refractivity contribution in [2.24, 2.45) is 0 Å². The van der Waals surface area contributed by atoms with Gasteiger partial charge in [0.1, 0.15) is 6.04 Å². The van der Waals surface area contributed by atoms with Crippen LogP contribution in [0.2, 0.25) is 5.02 Å². The van der Waals surface area contributed by atoms with E-state index in [9.17, 15) is 27.6 Å². The van der Waals surface area contributed by atoms with Gasteiger partial charge < -0.3 is 15.5 Å². The molecule has 0 saturated carbocycles. The third-order valence-electron chi connectivity index (χ3n) is 6.17. The molecule has 0 aromatic heterocycles. The van der Waals surface area contributed by atoms with Gasteiger partial charge in [-0.05, 0) is 36.2 Å². The van der Waals surface area contributed by atoms with Crippen molar-refractivity contribution in [2.45, 2.75) is 31.7 Å². The predicted octanol–water partition coefficient (Wildman–Crippen LogP) is 3.86. The van der Waals surface area contributed by atoms with E-state index in [0.717, 1.165) is 12.1 Å². The molecule has 0 saturated heterocycles. The van der Waals surface area contributed by atoms with Gasteiger partial charge in [0.05, 0.1) is 29.4 Å². The lowest BCUT2D eigenvalue weighted by Crippen LogP contribution is -2.46. The summed E-state index contributed by atoms with van der Waals surface area (Å²) in [5, 5.41) is 5.76. The lowest BCUT2D eigenvalue weighted by Gasteiger charge is -2.31. The van der Waals surface area contributed by atoms with Gasteiger partial charge in [-0.3, -0.25) is 14.5 Å². The Morgan fingerprint density at radius 3 is 2.60 bits per heavy atom. The lowest BCUT2D eigenvalue weighted by molar-refractivity contribution is -0.137. The molecular formula is C24H22ClF3N4O3. The van der Waals surface area contributed by atoms with E-state index in [1.807, 2.05) is 0 Å². The average Bonchev–Trinajstić information content (AvgIpc) is 3.17. The molecule has 2 aromatic carbocycles. The minimum Gasteiger partial charge on any atom is -0.350 e. The summed E-state index contributed by atoms with van der Waals surface area (Å²) in [6, 6.07) is 9.38. The molecule has 2 N–H and O–H groups in total. The maximum atomic E-state index is 13.4. The number of nitrogens with one attached hydrogen (secondary N) is 2. The van der Waals surface area contributed by atoms with Crippen LogP contribution in [0.15, 0.2) is 59.8 Å². The summed E-state index contributed by atoms with van der Waals surface area (Å²) >= 11 is 6.32. The highest BCUT2D eigenvalue weighted by atomic mass is 35.5. The normalized spacial score (nSPS) is 19.0. The topological polar surface area (TPSA) is 81.8 Å². The SMILES string of the molecule is C[C@@H](C(=O)NCc1cccc(C(F)(F)F)c1)N1CC2=C(C1=O)[C@H](c1ccccc1Cl)NC(=O)N2C. The summed E-state index contributed by atoms with van der Waals surface area (Å²) in [6.45, 7) is 1.42. The summed E-state index contributed by atoms with van der Waals surface area (Å²) in [5.74, 6) is -0.967. The Morgan fingerprint density at radius 1 is 1.20 bits per heavy atom. The second kappa shape index (κ2) is 9.26. The van der Waals surface area contributed by atoms with E-state index in [-0.39, 0.29) is 18.7 Å². The molecule has 11 heteroatoms. The molecule has 4 amide bonds. The minimum absolute atomic E-state index is 0.0250. The van der Waals surface area contributed by atoms with Crippen LogP contribution in [-0.2, 0) is 22.3 Å². The quantitative estimate of drug-likeness (QED) is 0.646. The van der Waals surface area contributed by atoms with Crippen LogP contribution in [0.4, 0.5) is 18.0 Å². The first-order valence-electron chi connectivity index (χ1n) is 10.8. The minimum atomic E-state index is -4.49. The first-order valence-corrected chi connectivity index (χ1v) is 11.1. The Morgan fingerprint density at radius 2 is 1.91 bits per heavy atom. The monoisotopic (exact) mass is 506 g/mol. The third kappa shape index (κ3) is 4.70. The molecule has 0 radical (unpaired) electrons. The summed E-state index contributed by atoms with van der Waals surface area (Å²) in [4.78, 5) is 41.4. The zero-order valence-electron chi connectivity index (χ0n) is 18.8. The van der Waals surface area contributed by atoms with Crippen molar-refractivity contribution in [3.63, 3.8) is 0 Å². The summed E-state index contributed by atoms with van der Waals surface area (Å²) < 4.78 is 38.8. The highest BCUT2D eigenvalue weighted by Crippen LogP contribution is 2.38. The second-order valence-corrected chi connectivity index (χ2v) is 8.76. The summed E-state index contributed by atoms with van der Waals surface area (Å²) in [5.41, 5.74) is 0.799. The molecule has 184 valence electrons. The van der Waals surface area contributed by atoms with Gasteiger partial charge in [-0.1, -0.05) is 41.9 Å². The molecular weight excluding hydrogens is 485 g/mol. The van der Waals surface area contributed by atoms with Gasteiger partial charge in [0.15, 0.2) is 0 Å². The summed E-state index contributed by atoms with van der Waals surface area (Å²) in [6.07, 6.45) is -4.49. The third-order valence-corrected chi connectivity index (χ3v) is 6.52. The van der Waals surface area contributed by atoms with Crippen molar-refractivity contribution in [3.05, 3.63) is 81.5 Å². The number of carbonyl (C=O) groups excluding carboxylic acids is 3. The number of amides is 4. The van der Waals surface area contributed by atoms with Crippen LogP contribution < -0.4 is 10.6 Å². The Kier molecular flexibility index (Phi) is 6.50. The summed E-state index contributed by atoms with van der Waals surface area (Å²) in [7, 11) is 1.53. The largest absolute Gasteiger partial charge is 0.416 e. The highest BCUT2D eigenvalue weighted by Gasteiger charge is 2.45. The fourth-order valence-electron chi connectivity index (χ4n) is 4.18. The zero-order valence-corrected chi connectivity index (χ0v) is 19.6. The smallest absolute Gasteiger partial charge is 0.350 e. The number of carbonyl (C=O) groups is 3. The van der Waals surface area contributed by atoms with Gasteiger partial charge in [-0.15, -0.1) is 0 Å². The maximum absolute atomic E-state index is 13.4. The van der Waals surface area contributed by atoms with Gasteiger partial charge in [0.25, 0.3) is 5.91 Å². The van der Waals surface area contributed by atoms with Crippen LogP contribution >= 0.6 is 11.6 Å². The predicted molar refractivity (Wildman–Crippen MR) is 122 cm³/mol. The molecule has 35 heavy (non-hydrogen) atoms.